The van der Waals surface area contributed by atoms with Crippen molar-refractivity contribution in [1.82, 2.24) is 14.8 Å². The molecule has 0 bridgehead atoms. The van der Waals surface area contributed by atoms with Gasteiger partial charge in [-0.1, -0.05) is 66.2 Å². The van der Waals surface area contributed by atoms with E-state index in [9.17, 15) is 4.79 Å². The maximum absolute atomic E-state index is 13.0. The van der Waals surface area contributed by atoms with E-state index in [1.54, 1.807) is 23.7 Å². The van der Waals surface area contributed by atoms with Gasteiger partial charge in [-0.3, -0.25) is 0 Å². The van der Waals surface area contributed by atoms with Crippen LogP contribution in [0.4, 0.5) is 5.95 Å². The predicted molar refractivity (Wildman–Crippen MR) is 135 cm³/mol. The molecule has 1 atom stereocenters. The molecule has 0 amide bonds. The third-order valence-electron chi connectivity index (χ3n) is 5.21. The van der Waals surface area contributed by atoms with Crippen LogP contribution in [0.5, 0.6) is 5.75 Å². The number of allylic oxidation sites excluding steroid dienone is 1. The monoisotopic (exact) mass is 518 g/mol. The summed E-state index contributed by atoms with van der Waals surface area (Å²) in [6, 6.07) is 12.3. The maximum atomic E-state index is 13.0. The zero-order valence-electron chi connectivity index (χ0n) is 19.0. The third-order valence-corrected chi connectivity index (χ3v) is 6.52. The average Bonchev–Trinajstić information content (AvgIpc) is 3.20. The van der Waals surface area contributed by atoms with Gasteiger partial charge in [0.25, 0.3) is 0 Å². The molecule has 0 saturated heterocycles. The number of benzene rings is 2. The number of nitrogens with one attached hydrogen (secondary N) is 1. The fraction of sp³-hybridized carbons (Fsp3) is 0.292. The van der Waals surface area contributed by atoms with Gasteiger partial charge >= 0.3 is 5.97 Å². The lowest BCUT2D eigenvalue weighted by Crippen LogP contribution is -2.30. The summed E-state index contributed by atoms with van der Waals surface area (Å²) in [5, 5.41) is 9.59. The van der Waals surface area contributed by atoms with Crippen LogP contribution in [0.2, 0.25) is 10.0 Å². The molecular formula is C24H24Cl2N4O3S. The van der Waals surface area contributed by atoms with Crippen LogP contribution < -0.4 is 10.1 Å². The second-order valence-electron chi connectivity index (χ2n) is 7.44. The first-order valence-corrected chi connectivity index (χ1v) is 12.6. The minimum atomic E-state index is -0.578. The molecule has 4 rings (SSSR count). The maximum Gasteiger partial charge on any atom is 0.338 e. The van der Waals surface area contributed by atoms with Gasteiger partial charge in [0.1, 0.15) is 18.4 Å². The van der Waals surface area contributed by atoms with Gasteiger partial charge in [-0.05, 0) is 37.8 Å². The highest BCUT2D eigenvalue weighted by Crippen LogP contribution is 2.40. The fourth-order valence-corrected chi connectivity index (χ4v) is 4.73. The molecule has 178 valence electrons. The summed E-state index contributed by atoms with van der Waals surface area (Å²) in [6.45, 7) is 6.14. The minimum absolute atomic E-state index is 0.233. The van der Waals surface area contributed by atoms with Crippen molar-refractivity contribution in [2.45, 2.75) is 38.6 Å². The lowest BCUT2D eigenvalue weighted by molar-refractivity contribution is -0.139. The Balaban J connectivity index is 1.77. The van der Waals surface area contributed by atoms with Crippen LogP contribution in [0.1, 0.15) is 37.9 Å². The first kappa shape index (κ1) is 24.4. The second kappa shape index (κ2) is 10.7. The van der Waals surface area contributed by atoms with E-state index in [2.05, 4.69) is 15.4 Å². The van der Waals surface area contributed by atoms with Gasteiger partial charge in [-0.15, -0.1) is 5.10 Å². The van der Waals surface area contributed by atoms with Gasteiger partial charge in [0, 0.05) is 26.9 Å². The molecule has 3 aromatic rings. The Kier molecular flexibility index (Phi) is 7.70. The van der Waals surface area contributed by atoms with E-state index >= 15 is 0 Å². The molecule has 7 nitrogen and oxygen atoms in total. The molecule has 0 spiro atoms. The summed E-state index contributed by atoms with van der Waals surface area (Å²) < 4.78 is 13.3. The molecule has 0 saturated carbocycles. The number of nitrogens with zero attached hydrogens (tertiary/aromatic N) is 3. The molecule has 2 aromatic carbocycles. The van der Waals surface area contributed by atoms with Crippen LogP contribution in [0, 0.1) is 0 Å². The molecule has 2 heterocycles. The van der Waals surface area contributed by atoms with Crippen LogP contribution in [-0.4, -0.2) is 33.1 Å². The van der Waals surface area contributed by atoms with Crippen molar-refractivity contribution < 1.29 is 14.3 Å². The highest BCUT2D eigenvalue weighted by molar-refractivity contribution is 7.99. The van der Waals surface area contributed by atoms with Crippen molar-refractivity contribution in [2.24, 2.45) is 0 Å². The SMILES string of the molecule is CCOC(=O)C1=C(C)Nc2nc(SCC)nn2C1c1ccccc1OCc1ccc(Cl)cc1Cl. The largest absolute Gasteiger partial charge is 0.488 e. The molecule has 1 aliphatic rings. The summed E-state index contributed by atoms with van der Waals surface area (Å²) in [6.07, 6.45) is 0. The van der Waals surface area contributed by atoms with Gasteiger partial charge in [0.15, 0.2) is 0 Å². The quantitative estimate of drug-likeness (QED) is 0.283. The summed E-state index contributed by atoms with van der Waals surface area (Å²) in [5.41, 5.74) is 2.67. The fourth-order valence-electron chi connectivity index (χ4n) is 3.71. The summed E-state index contributed by atoms with van der Waals surface area (Å²) in [4.78, 5) is 17.6. The number of aromatic nitrogens is 3. The molecule has 34 heavy (non-hydrogen) atoms. The van der Waals surface area contributed by atoms with E-state index < -0.39 is 12.0 Å². The van der Waals surface area contributed by atoms with E-state index in [0.29, 0.717) is 38.2 Å². The summed E-state index contributed by atoms with van der Waals surface area (Å²) in [5.74, 6) is 1.56. The van der Waals surface area contributed by atoms with Crippen LogP contribution >= 0.6 is 35.0 Å². The second-order valence-corrected chi connectivity index (χ2v) is 9.52. The van der Waals surface area contributed by atoms with Gasteiger partial charge in [0.2, 0.25) is 11.1 Å². The number of esters is 1. The number of ether oxygens (including phenoxy) is 2. The van der Waals surface area contributed by atoms with Gasteiger partial charge in [-0.25, -0.2) is 9.48 Å². The Bertz CT molecular complexity index is 1240. The number of carbonyl (C=O) groups is 1. The first-order chi connectivity index (χ1) is 16.4. The molecular weight excluding hydrogens is 495 g/mol. The van der Waals surface area contributed by atoms with Crippen molar-refractivity contribution in [2.75, 3.05) is 17.7 Å². The van der Waals surface area contributed by atoms with Crippen LogP contribution in [-0.2, 0) is 16.1 Å². The third kappa shape index (κ3) is 5.04. The number of para-hydroxylation sites is 1. The molecule has 0 fully saturated rings. The Morgan fingerprint density at radius 2 is 2.00 bits per heavy atom. The van der Waals surface area contributed by atoms with Crippen LogP contribution in [0.3, 0.4) is 0 Å². The lowest BCUT2D eigenvalue weighted by Gasteiger charge is -2.29. The van der Waals surface area contributed by atoms with Crippen molar-refractivity contribution in [3.05, 3.63) is 74.9 Å². The van der Waals surface area contributed by atoms with Crippen LogP contribution in [0.25, 0.3) is 0 Å². The highest BCUT2D eigenvalue weighted by atomic mass is 35.5. The van der Waals surface area contributed by atoms with E-state index in [0.717, 1.165) is 16.9 Å². The van der Waals surface area contributed by atoms with Crippen molar-refractivity contribution in [3.8, 4) is 5.75 Å². The normalized spacial score (nSPS) is 15.0. The zero-order chi connectivity index (χ0) is 24.2. The standard InChI is InChI=1S/C24H24Cl2N4O3S/c1-4-32-22(31)20-14(3)27-23-28-24(34-5-2)29-30(23)21(20)17-8-6-7-9-19(17)33-13-15-10-11-16(25)12-18(15)26/h6-12,21H,4-5,13H2,1-3H3,(H,27,28,29). The summed E-state index contributed by atoms with van der Waals surface area (Å²) in [7, 11) is 0. The number of fused-ring (bicyclic) bond motifs is 1. The number of hydrogen-bond acceptors (Lipinski definition) is 7. The highest BCUT2D eigenvalue weighted by Gasteiger charge is 2.36. The van der Waals surface area contributed by atoms with Crippen molar-refractivity contribution >= 4 is 46.9 Å². The van der Waals surface area contributed by atoms with Gasteiger partial charge in [-0.2, -0.15) is 4.98 Å². The smallest absolute Gasteiger partial charge is 0.338 e. The number of rotatable bonds is 8. The Morgan fingerprint density at radius 1 is 1.21 bits per heavy atom. The predicted octanol–water partition coefficient (Wildman–Crippen LogP) is 6.13. The molecule has 1 unspecified atom stereocenters. The zero-order valence-corrected chi connectivity index (χ0v) is 21.3. The number of halogens is 2. The first-order valence-electron chi connectivity index (χ1n) is 10.8. The molecule has 0 radical (unpaired) electrons. The molecule has 10 heteroatoms. The van der Waals surface area contributed by atoms with E-state index in [1.165, 1.54) is 11.8 Å². The number of carbonyl (C=O) groups excluding carboxylic acids is 1. The lowest BCUT2D eigenvalue weighted by atomic mass is 9.95. The van der Waals surface area contributed by atoms with Crippen molar-refractivity contribution in [3.63, 3.8) is 0 Å². The van der Waals surface area contributed by atoms with E-state index in [-0.39, 0.29) is 13.2 Å². The van der Waals surface area contributed by atoms with E-state index in [1.807, 2.05) is 44.2 Å². The molecule has 1 aromatic heterocycles. The van der Waals surface area contributed by atoms with Gasteiger partial charge < -0.3 is 14.8 Å². The average molecular weight is 519 g/mol. The van der Waals surface area contributed by atoms with Crippen molar-refractivity contribution in [1.29, 1.82) is 0 Å². The van der Waals surface area contributed by atoms with E-state index in [4.69, 9.17) is 32.7 Å². The number of anilines is 1. The van der Waals surface area contributed by atoms with Gasteiger partial charge in [0.05, 0.1) is 12.2 Å². The topological polar surface area (TPSA) is 78.3 Å². The number of thioether (sulfide) groups is 1. The summed E-state index contributed by atoms with van der Waals surface area (Å²) >= 11 is 13.9. The Hall–Kier alpha value is -2.68. The Morgan fingerprint density at radius 3 is 2.74 bits per heavy atom. The number of hydrogen-bond donors (Lipinski definition) is 1. The molecule has 1 aliphatic heterocycles. The minimum Gasteiger partial charge on any atom is -0.488 e. The Labute approximate surface area is 212 Å². The molecule has 1 N–H and O–H groups in total. The van der Waals surface area contributed by atoms with Crippen LogP contribution in [0.15, 0.2) is 58.9 Å². The molecule has 0 aliphatic carbocycles.